The molecule has 5 unspecified atom stereocenters. The molecule has 5 atom stereocenters. The molecule has 0 spiro atoms. The quantitative estimate of drug-likeness (QED) is 0.822. The van der Waals surface area contributed by atoms with Gasteiger partial charge in [-0.25, -0.2) is 0 Å². The van der Waals surface area contributed by atoms with Crippen molar-refractivity contribution in [1.82, 2.24) is 5.32 Å². The van der Waals surface area contributed by atoms with Crippen molar-refractivity contribution < 1.29 is 4.21 Å². The van der Waals surface area contributed by atoms with Gasteiger partial charge >= 0.3 is 0 Å². The SMILES string of the molecule is CNC1CC(C)CC(C)C1S(=O)CCC(C)C. The molecule has 1 aliphatic carbocycles. The van der Waals surface area contributed by atoms with Crippen molar-refractivity contribution in [3.8, 4) is 0 Å². The van der Waals surface area contributed by atoms with E-state index in [-0.39, 0.29) is 0 Å². The van der Waals surface area contributed by atoms with E-state index < -0.39 is 10.8 Å². The zero-order valence-electron chi connectivity index (χ0n) is 12.0. The van der Waals surface area contributed by atoms with E-state index in [1.165, 1.54) is 12.8 Å². The molecular weight excluding hydrogens is 230 g/mol. The lowest BCUT2D eigenvalue weighted by Gasteiger charge is -2.39. The molecule has 3 heteroatoms. The molecule has 0 amide bonds. The van der Waals surface area contributed by atoms with Crippen LogP contribution in [0.2, 0.25) is 0 Å². The van der Waals surface area contributed by atoms with Crippen LogP contribution in [-0.2, 0) is 10.8 Å². The van der Waals surface area contributed by atoms with Gasteiger partial charge in [-0.05, 0) is 44.1 Å². The number of nitrogens with one attached hydrogen (secondary N) is 1. The molecule has 1 aliphatic rings. The van der Waals surface area contributed by atoms with Gasteiger partial charge in [0.25, 0.3) is 0 Å². The minimum Gasteiger partial charge on any atom is -0.316 e. The number of rotatable bonds is 5. The van der Waals surface area contributed by atoms with Crippen molar-refractivity contribution in [2.45, 2.75) is 58.2 Å². The van der Waals surface area contributed by atoms with Crippen LogP contribution in [0.1, 0.15) is 47.0 Å². The summed E-state index contributed by atoms with van der Waals surface area (Å²) in [7, 11) is 1.35. The molecule has 1 fully saturated rings. The Morgan fingerprint density at radius 2 is 1.94 bits per heavy atom. The summed E-state index contributed by atoms with van der Waals surface area (Å²) in [5.74, 6) is 2.88. The Hall–Kier alpha value is 0.110. The second-order valence-electron chi connectivity index (χ2n) is 6.18. The average Bonchev–Trinajstić information content (AvgIpc) is 2.24. The molecule has 0 aromatic rings. The molecule has 0 heterocycles. The van der Waals surface area contributed by atoms with Crippen LogP contribution in [0.4, 0.5) is 0 Å². The second-order valence-corrected chi connectivity index (χ2v) is 7.90. The fourth-order valence-corrected chi connectivity index (χ4v) is 5.26. The molecular formula is C14H29NOS. The molecule has 0 saturated heterocycles. The lowest BCUT2D eigenvalue weighted by Crippen LogP contribution is -2.49. The van der Waals surface area contributed by atoms with Gasteiger partial charge in [-0.3, -0.25) is 4.21 Å². The Morgan fingerprint density at radius 1 is 1.29 bits per heavy atom. The van der Waals surface area contributed by atoms with Crippen molar-refractivity contribution in [1.29, 1.82) is 0 Å². The van der Waals surface area contributed by atoms with Crippen molar-refractivity contribution in [3.63, 3.8) is 0 Å². The molecule has 1 rings (SSSR count). The van der Waals surface area contributed by atoms with Crippen LogP contribution in [0.3, 0.4) is 0 Å². The van der Waals surface area contributed by atoms with Crippen LogP contribution in [-0.4, -0.2) is 28.3 Å². The first kappa shape index (κ1) is 15.2. The topological polar surface area (TPSA) is 29.1 Å². The van der Waals surface area contributed by atoms with E-state index in [0.717, 1.165) is 18.1 Å². The van der Waals surface area contributed by atoms with E-state index in [0.29, 0.717) is 23.1 Å². The smallest absolute Gasteiger partial charge is 0.0526 e. The van der Waals surface area contributed by atoms with Gasteiger partial charge in [-0.1, -0.05) is 27.7 Å². The van der Waals surface area contributed by atoms with Crippen molar-refractivity contribution in [2.75, 3.05) is 12.8 Å². The Bertz CT molecular complexity index is 255. The minimum atomic E-state index is -0.665. The predicted octanol–water partition coefficient (Wildman–Crippen LogP) is 2.80. The van der Waals surface area contributed by atoms with Gasteiger partial charge in [0.1, 0.15) is 0 Å². The van der Waals surface area contributed by atoms with Crippen LogP contribution in [0.5, 0.6) is 0 Å². The van der Waals surface area contributed by atoms with E-state index in [1.54, 1.807) is 0 Å². The normalized spacial score (nSPS) is 36.1. The Kier molecular flexibility index (Phi) is 6.14. The monoisotopic (exact) mass is 259 g/mol. The predicted molar refractivity (Wildman–Crippen MR) is 76.7 cm³/mol. The molecule has 0 aliphatic heterocycles. The molecule has 1 N–H and O–H groups in total. The summed E-state index contributed by atoms with van der Waals surface area (Å²) < 4.78 is 12.5. The van der Waals surface area contributed by atoms with Crippen LogP contribution in [0.25, 0.3) is 0 Å². The number of hydrogen-bond donors (Lipinski definition) is 1. The third-order valence-corrected chi connectivity index (χ3v) is 6.00. The highest BCUT2D eigenvalue weighted by molar-refractivity contribution is 7.85. The summed E-state index contributed by atoms with van der Waals surface area (Å²) in [5.41, 5.74) is 0. The molecule has 0 bridgehead atoms. The highest BCUT2D eigenvalue weighted by atomic mass is 32.2. The molecule has 0 radical (unpaired) electrons. The Morgan fingerprint density at radius 3 is 2.47 bits per heavy atom. The first-order valence-electron chi connectivity index (χ1n) is 7.00. The molecule has 102 valence electrons. The maximum Gasteiger partial charge on any atom is 0.0526 e. The standard InChI is InChI=1S/C14H29NOS/c1-10(2)6-7-17(16)14-12(4)8-11(3)9-13(14)15-5/h10-15H,6-9H2,1-5H3. The molecule has 17 heavy (non-hydrogen) atoms. The van der Waals surface area contributed by atoms with Crippen molar-refractivity contribution in [3.05, 3.63) is 0 Å². The summed E-state index contributed by atoms with van der Waals surface area (Å²) in [6, 6.07) is 0.446. The lowest BCUT2D eigenvalue weighted by molar-refractivity contribution is 0.253. The zero-order chi connectivity index (χ0) is 13.0. The highest BCUT2D eigenvalue weighted by Crippen LogP contribution is 2.32. The van der Waals surface area contributed by atoms with E-state index in [1.807, 2.05) is 7.05 Å². The van der Waals surface area contributed by atoms with Crippen LogP contribution >= 0.6 is 0 Å². The summed E-state index contributed by atoms with van der Waals surface area (Å²) in [6.45, 7) is 9.00. The summed E-state index contributed by atoms with van der Waals surface area (Å²) in [4.78, 5) is 0. The van der Waals surface area contributed by atoms with Gasteiger partial charge in [0.05, 0.1) is 5.25 Å². The van der Waals surface area contributed by atoms with Crippen molar-refractivity contribution >= 4 is 10.8 Å². The maximum absolute atomic E-state index is 12.5. The lowest BCUT2D eigenvalue weighted by atomic mass is 9.80. The fraction of sp³-hybridized carbons (Fsp3) is 1.00. The van der Waals surface area contributed by atoms with Gasteiger partial charge in [0.15, 0.2) is 0 Å². The minimum absolute atomic E-state index is 0.356. The summed E-state index contributed by atoms with van der Waals surface area (Å²) >= 11 is 0. The summed E-state index contributed by atoms with van der Waals surface area (Å²) in [6.07, 6.45) is 3.50. The molecule has 2 nitrogen and oxygen atoms in total. The van der Waals surface area contributed by atoms with Gasteiger partial charge in [-0.15, -0.1) is 0 Å². The molecule has 1 saturated carbocycles. The first-order valence-corrected chi connectivity index (χ1v) is 8.38. The highest BCUT2D eigenvalue weighted by Gasteiger charge is 2.36. The third-order valence-electron chi connectivity index (χ3n) is 3.96. The fourth-order valence-electron chi connectivity index (χ4n) is 3.04. The van der Waals surface area contributed by atoms with E-state index in [2.05, 4.69) is 33.0 Å². The van der Waals surface area contributed by atoms with Crippen LogP contribution < -0.4 is 5.32 Å². The number of hydrogen-bond acceptors (Lipinski definition) is 2. The van der Waals surface area contributed by atoms with Gasteiger partial charge in [0, 0.05) is 22.6 Å². The molecule has 0 aromatic carbocycles. The van der Waals surface area contributed by atoms with E-state index in [9.17, 15) is 4.21 Å². The van der Waals surface area contributed by atoms with Crippen molar-refractivity contribution in [2.24, 2.45) is 17.8 Å². The van der Waals surface area contributed by atoms with Crippen LogP contribution in [0.15, 0.2) is 0 Å². The van der Waals surface area contributed by atoms with E-state index in [4.69, 9.17) is 0 Å². The second kappa shape index (κ2) is 6.89. The Labute approximate surface area is 109 Å². The largest absolute Gasteiger partial charge is 0.316 e. The van der Waals surface area contributed by atoms with Gasteiger partial charge in [0.2, 0.25) is 0 Å². The molecule has 0 aromatic heterocycles. The van der Waals surface area contributed by atoms with Crippen LogP contribution in [0, 0.1) is 17.8 Å². The Balaban J connectivity index is 2.61. The first-order chi connectivity index (χ1) is 7.95. The maximum atomic E-state index is 12.5. The average molecular weight is 259 g/mol. The summed E-state index contributed by atoms with van der Waals surface area (Å²) in [5, 5.41) is 3.75. The zero-order valence-corrected chi connectivity index (χ0v) is 12.8. The van der Waals surface area contributed by atoms with E-state index >= 15 is 0 Å². The van der Waals surface area contributed by atoms with Gasteiger partial charge < -0.3 is 5.32 Å². The van der Waals surface area contributed by atoms with Gasteiger partial charge in [-0.2, -0.15) is 0 Å². The third kappa shape index (κ3) is 4.36.